The van der Waals surface area contributed by atoms with Gasteiger partial charge in [-0.3, -0.25) is 14.3 Å². The molecule has 2 aromatic heterocycles. The molecule has 1 N–H and O–H groups in total. The van der Waals surface area contributed by atoms with Crippen LogP contribution in [0.2, 0.25) is 5.02 Å². The van der Waals surface area contributed by atoms with Gasteiger partial charge in [0.1, 0.15) is 0 Å². The maximum atomic E-state index is 12.6. The predicted molar refractivity (Wildman–Crippen MR) is 115 cm³/mol. The first-order valence-corrected chi connectivity index (χ1v) is 11.4. The normalized spacial score (nSPS) is 11.8. The van der Waals surface area contributed by atoms with Gasteiger partial charge in [0.25, 0.3) is 0 Å². The lowest BCUT2D eigenvalue weighted by molar-refractivity contribution is 0.581. The van der Waals surface area contributed by atoms with Gasteiger partial charge in [0.15, 0.2) is 0 Å². The molecule has 0 unspecified atom stereocenters. The fourth-order valence-corrected chi connectivity index (χ4v) is 5.07. The monoisotopic (exact) mass is 445 g/mol. The number of halogens is 1. The van der Waals surface area contributed by atoms with Crippen LogP contribution in [0.5, 0.6) is 0 Å². The largest absolute Gasteiger partial charge is 0.308 e. The van der Waals surface area contributed by atoms with E-state index in [0.29, 0.717) is 21.8 Å². The molecule has 9 heteroatoms. The van der Waals surface area contributed by atoms with Crippen molar-refractivity contribution in [2.24, 2.45) is 0 Å². The van der Waals surface area contributed by atoms with Crippen LogP contribution in [0.3, 0.4) is 0 Å². The van der Waals surface area contributed by atoms with E-state index in [9.17, 15) is 13.2 Å². The van der Waals surface area contributed by atoms with Gasteiger partial charge in [-0.05, 0) is 47.5 Å². The van der Waals surface area contributed by atoms with Crippen molar-refractivity contribution in [2.45, 2.75) is 18.0 Å². The zero-order valence-corrected chi connectivity index (χ0v) is 17.5. The molecule has 0 bridgehead atoms. The van der Waals surface area contributed by atoms with Gasteiger partial charge in [-0.25, -0.2) is 13.1 Å². The molecule has 0 radical (unpaired) electrons. The summed E-state index contributed by atoms with van der Waals surface area (Å²) in [6, 6.07) is 15.5. The Hall–Kier alpha value is -2.52. The Bertz CT molecular complexity index is 1310. The van der Waals surface area contributed by atoms with Crippen LogP contribution in [0.4, 0.5) is 0 Å². The zero-order valence-electron chi connectivity index (χ0n) is 15.1. The van der Waals surface area contributed by atoms with Gasteiger partial charge < -0.3 is 0 Å². The van der Waals surface area contributed by atoms with Gasteiger partial charge in [-0.1, -0.05) is 41.1 Å². The second-order valence-electron chi connectivity index (χ2n) is 6.40. The highest BCUT2D eigenvalue weighted by atomic mass is 35.5. The Morgan fingerprint density at radius 1 is 1.07 bits per heavy atom. The number of sulfonamides is 1. The van der Waals surface area contributed by atoms with Gasteiger partial charge in [-0.15, -0.1) is 0 Å². The topological polar surface area (TPSA) is 81.1 Å². The second kappa shape index (κ2) is 8.08. The predicted octanol–water partition coefficient (Wildman–Crippen LogP) is 3.64. The molecule has 0 aliphatic heterocycles. The summed E-state index contributed by atoms with van der Waals surface area (Å²) in [6.07, 6.45) is 3.23. The molecule has 4 aromatic rings. The first-order valence-electron chi connectivity index (χ1n) is 8.69. The van der Waals surface area contributed by atoms with E-state index >= 15 is 0 Å². The summed E-state index contributed by atoms with van der Waals surface area (Å²) in [5.41, 5.74) is 2.39. The van der Waals surface area contributed by atoms with Crippen LogP contribution >= 0.6 is 22.9 Å². The van der Waals surface area contributed by atoms with E-state index in [1.54, 1.807) is 47.3 Å². The van der Waals surface area contributed by atoms with Crippen molar-refractivity contribution in [3.63, 3.8) is 0 Å². The highest BCUT2D eigenvalue weighted by molar-refractivity contribution is 7.89. The van der Waals surface area contributed by atoms with Crippen LogP contribution in [0, 0.1) is 0 Å². The summed E-state index contributed by atoms with van der Waals surface area (Å²) in [6.45, 7) is 0.531. The maximum Gasteiger partial charge on any atom is 0.308 e. The van der Waals surface area contributed by atoms with Crippen LogP contribution in [0.15, 0.2) is 76.7 Å². The molecular weight excluding hydrogens is 430 g/mol. The molecule has 4 rings (SSSR count). The number of fused-ring (bicyclic) bond motifs is 1. The van der Waals surface area contributed by atoms with Gasteiger partial charge in [0.2, 0.25) is 10.0 Å². The van der Waals surface area contributed by atoms with Crippen molar-refractivity contribution in [3.05, 3.63) is 92.8 Å². The van der Waals surface area contributed by atoms with Crippen molar-refractivity contribution >= 4 is 43.2 Å². The third kappa shape index (κ3) is 4.40. The minimum absolute atomic E-state index is 0.119. The number of aromatic nitrogens is 2. The quantitative estimate of drug-likeness (QED) is 0.491. The highest BCUT2D eigenvalue weighted by Crippen LogP contribution is 2.23. The van der Waals surface area contributed by atoms with Crippen molar-refractivity contribution in [3.8, 4) is 0 Å². The molecule has 148 valence electrons. The fraction of sp³-hybridized carbons (Fsp3) is 0.100. The molecule has 0 spiro atoms. The Kier molecular flexibility index (Phi) is 5.51. The maximum absolute atomic E-state index is 12.6. The SMILES string of the molecule is O=c1sc2cc(S(=O)(=O)NCc3cccnc3)ccc2n1Cc1ccc(Cl)cc1. The van der Waals surface area contributed by atoms with Crippen LogP contribution in [0.25, 0.3) is 10.2 Å². The fourth-order valence-electron chi connectivity index (χ4n) is 2.90. The van der Waals surface area contributed by atoms with Gasteiger partial charge >= 0.3 is 4.87 Å². The van der Waals surface area contributed by atoms with Gasteiger partial charge in [0, 0.05) is 24.0 Å². The molecule has 6 nitrogen and oxygen atoms in total. The Labute approximate surface area is 176 Å². The van der Waals surface area contributed by atoms with E-state index in [0.717, 1.165) is 22.5 Å². The Morgan fingerprint density at radius 2 is 1.86 bits per heavy atom. The minimum Gasteiger partial charge on any atom is -0.294 e. The number of thiazole rings is 1. The lowest BCUT2D eigenvalue weighted by Crippen LogP contribution is -2.23. The number of nitrogens with zero attached hydrogens (tertiary/aromatic N) is 2. The number of hydrogen-bond donors (Lipinski definition) is 1. The van der Waals surface area contributed by atoms with Crippen molar-refractivity contribution in [2.75, 3.05) is 0 Å². The van der Waals surface area contributed by atoms with E-state index in [-0.39, 0.29) is 16.3 Å². The molecule has 2 heterocycles. The average Bonchev–Trinajstić information content (AvgIpc) is 3.03. The molecule has 2 aromatic carbocycles. The second-order valence-corrected chi connectivity index (χ2v) is 9.59. The number of rotatable bonds is 6. The third-order valence-electron chi connectivity index (χ3n) is 4.39. The van der Waals surface area contributed by atoms with Gasteiger partial charge in [-0.2, -0.15) is 0 Å². The number of nitrogens with one attached hydrogen (secondary N) is 1. The summed E-state index contributed by atoms with van der Waals surface area (Å²) in [4.78, 5) is 16.4. The summed E-state index contributed by atoms with van der Waals surface area (Å²) in [5.74, 6) is 0. The smallest absolute Gasteiger partial charge is 0.294 e. The summed E-state index contributed by atoms with van der Waals surface area (Å²) in [5, 5.41) is 0.630. The molecular formula is C20H16ClN3O3S2. The minimum atomic E-state index is -3.71. The van der Waals surface area contributed by atoms with Crippen LogP contribution in [-0.2, 0) is 23.1 Å². The number of pyridine rings is 1. The zero-order chi connectivity index (χ0) is 20.4. The molecule has 0 amide bonds. The number of benzene rings is 2. The Balaban J connectivity index is 1.61. The molecule has 0 saturated heterocycles. The van der Waals surface area contributed by atoms with Crippen LogP contribution < -0.4 is 9.60 Å². The van der Waals surface area contributed by atoms with E-state index in [1.165, 1.54) is 12.1 Å². The molecule has 29 heavy (non-hydrogen) atoms. The summed E-state index contributed by atoms with van der Waals surface area (Å²) in [7, 11) is -3.71. The lowest BCUT2D eigenvalue weighted by Gasteiger charge is -2.08. The molecule has 0 fully saturated rings. The molecule has 0 atom stereocenters. The van der Waals surface area contributed by atoms with Crippen LogP contribution in [-0.4, -0.2) is 18.0 Å². The van der Waals surface area contributed by atoms with Gasteiger partial charge in [0.05, 0.1) is 21.7 Å². The molecule has 0 saturated carbocycles. The third-order valence-corrected chi connectivity index (χ3v) is 6.99. The van der Waals surface area contributed by atoms with E-state index in [1.807, 2.05) is 12.1 Å². The highest BCUT2D eigenvalue weighted by Gasteiger charge is 2.17. The number of hydrogen-bond acceptors (Lipinski definition) is 5. The first-order chi connectivity index (χ1) is 13.9. The Morgan fingerprint density at radius 3 is 2.59 bits per heavy atom. The summed E-state index contributed by atoms with van der Waals surface area (Å²) < 4.78 is 30.1. The van der Waals surface area contributed by atoms with E-state index < -0.39 is 10.0 Å². The average molecular weight is 446 g/mol. The summed E-state index contributed by atoms with van der Waals surface area (Å²) >= 11 is 6.94. The standard InChI is InChI=1S/C20H16ClN3O3S2/c21-16-5-3-14(4-6-16)13-24-18-8-7-17(10-19(18)28-20(24)25)29(26,27)23-12-15-2-1-9-22-11-15/h1-11,23H,12-13H2. The molecule has 0 aliphatic carbocycles. The van der Waals surface area contributed by atoms with Crippen LogP contribution in [0.1, 0.15) is 11.1 Å². The van der Waals surface area contributed by atoms with E-state index in [2.05, 4.69) is 9.71 Å². The lowest BCUT2D eigenvalue weighted by atomic mass is 10.2. The van der Waals surface area contributed by atoms with Crippen molar-refractivity contribution in [1.29, 1.82) is 0 Å². The van der Waals surface area contributed by atoms with Crippen molar-refractivity contribution < 1.29 is 8.42 Å². The first kappa shape index (κ1) is 19.8. The molecule has 0 aliphatic rings. The van der Waals surface area contributed by atoms with Crippen molar-refractivity contribution in [1.82, 2.24) is 14.3 Å². The van der Waals surface area contributed by atoms with E-state index in [4.69, 9.17) is 11.6 Å².